The number of hydrogen-bond donors (Lipinski definition) is 2. The molecule has 1 atom stereocenters. The lowest BCUT2D eigenvalue weighted by atomic mass is 10.1. The molecule has 0 saturated heterocycles. The molecule has 17 heavy (non-hydrogen) atoms. The van der Waals surface area contributed by atoms with E-state index in [0.29, 0.717) is 0 Å². The number of nitrogens with zero attached hydrogens (tertiary/aromatic N) is 2. The number of aryl methyl sites for hydroxylation is 1. The summed E-state index contributed by atoms with van der Waals surface area (Å²) in [4.78, 5) is 0. The van der Waals surface area contributed by atoms with Crippen molar-refractivity contribution in [3.63, 3.8) is 0 Å². The van der Waals surface area contributed by atoms with Crippen molar-refractivity contribution in [2.45, 2.75) is 25.0 Å². The minimum Gasteiger partial charge on any atom is -0.391 e. The van der Waals surface area contributed by atoms with Gasteiger partial charge in [0.2, 0.25) is 0 Å². The van der Waals surface area contributed by atoms with Gasteiger partial charge < -0.3 is 5.11 Å². The van der Waals surface area contributed by atoms with Crippen molar-refractivity contribution in [1.29, 1.82) is 0 Å². The highest BCUT2D eigenvalue weighted by atomic mass is 35.5. The smallest absolute Gasteiger partial charge is 0.259 e. The van der Waals surface area contributed by atoms with Crippen molar-refractivity contribution in [2.24, 2.45) is 13.0 Å². The lowest BCUT2D eigenvalue weighted by Crippen LogP contribution is -2.35. The van der Waals surface area contributed by atoms with Gasteiger partial charge in [-0.3, -0.25) is 4.68 Å². The van der Waals surface area contributed by atoms with E-state index >= 15 is 0 Å². The number of aliphatic hydroxyl groups is 1. The van der Waals surface area contributed by atoms with E-state index in [1.165, 1.54) is 17.9 Å². The molecule has 1 aromatic heterocycles. The maximum Gasteiger partial charge on any atom is 0.259 e. The van der Waals surface area contributed by atoms with Crippen molar-refractivity contribution < 1.29 is 13.5 Å². The summed E-state index contributed by atoms with van der Waals surface area (Å²) in [5, 5.41) is 13.2. The van der Waals surface area contributed by atoms with Crippen molar-refractivity contribution in [2.75, 3.05) is 6.54 Å². The summed E-state index contributed by atoms with van der Waals surface area (Å²) in [6.07, 6.45) is 0.520. The van der Waals surface area contributed by atoms with Crippen LogP contribution in [0.3, 0.4) is 0 Å². The highest BCUT2D eigenvalue weighted by molar-refractivity contribution is 7.89. The number of hydrogen-bond acceptors (Lipinski definition) is 4. The summed E-state index contributed by atoms with van der Waals surface area (Å²) in [5.41, 5.74) is 0. The average Bonchev–Trinajstić information content (AvgIpc) is 2.55. The molecule has 0 radical (unpaired) electrons. The van der Waals surface area contributed by atoms with Gasteiger partial charge >= 0.3 is 0 Å². The van der Waals surface area contributed by atoms with Crippen LogP contribution in [0.4, 0.5) is 0 Å². The maximum atomic E-state index is 11.9. The number of rotatable bonds is 5. The van der Waals surface area contributed by atoms with E-state index < -0.39 is 16.1 Å². The van der Waals surface area contributed by atoms with Gasteiger partial charge in [0.05, 0.1) is 17.3 Å². The van der Waals surface area contributed by atoms with E-state index in [2.05, 4.69) is 9.82 Å². The fourth-order valence-corrected chi connectivity index (χ4v) is 2.90. The molecule has 0 amide bonds. The van der Waals surface area contributed by atoms with Crippen molar-refractivity contribution in [1.82, 2.24) is 14.5 Å². The fourth-order valence-electron chi connectivity index (χ4n) is 1.20. The van der Waals surface area contributed by atoms with Gasteiger partial charge in [-0.05, 0) is 5.92 Å². The topological polar surface area (TPSA) is 84.2 Å². The van der Waals surface area contributed by atoms with Crippen LogP contribution in [0.5, 0.6) is 0 Å². The van der Waals surface area contributed by atoms with Crippen molar-refractivity contribution >= 4 is 21.6 Å². The second-order valence-corrected chi connectivity index (χ2v) is 6.17. The Morgan fingerprint density at radius 2 is 2.18 bits per heavy atom. The van der Waals surface area contributed by atoms with Crippen LogP contribution in [0.15, 0.2) is 11.2 Å². The monoisotopic (exact) mass is 281 g/mol. The first-order chi connectivity index (χ1) is 7.75. The van der Waals surface area contributed by atoms with Crippen LogP contribution in [0, 0.1) is 5.92 Å². The van der Waals surface area contributed by atoms with E-state index in [-0.39, 0.29) is 22.5 Å². The van der Waals surface area contributed by atoms with E-state index in [1.54, 1.807) is 13.8 Å². The molecule has 1 unspecified atom stereocenters. The molecule has 0 saturated carbocycles. The van der Waals surface area contributed by atoms with Crippen molar-refractivity contribution in [3.05, 3.63) is 11.2 Å². The highest BCUT2D eigenvalue weighted by Crippen LogP contribution is 2.19. The largest absolute Gasteiger partial charge is 0.391 e. The molecule has 1 aromatic rings. The predicted molar refractivity (Wildman–Crippen MR) is 64.3 cm³/mol. The number of sulfonamides is 1. The van der Waals surface area contributed by atoms with Gasteiger partial charge in [0.1, 0.15) is 0 Å². The zero-order valence-corrected chi connectivity index (χ0v) is 11.5. The van der Waals surface area contributed by atoms with Gasteiger partial charge in [-0.15, -0.1) is 0 Å². The summed E-state index contributed by atoms with van der Waals surface area (Å²) in [5.74, 6) is -0.0280. The van der Waals surface area contributed by atoms with Crippen LogP contribution in [0.1, 0.15) is 13.8 Å². The molecule has 0 aliphatic carbocycles. The van der Waals surface area contributed by atoms with Crippen LogP contribution < -0.4 is 4.72 Å². The SMILES string of the molecule is CC(C)C(O)CNS(=O)(=O)c1c(Cl)cnn1C. The molecule has 1 rings (SSSR count). The van der Waals surface area contributed by atoms with Gasteiger partial charge in [0.15, 0.2) is 5.03 Å². The van der Waals surface area contributed by atoms with E-state index in [4.69, 9.17) is 11.6 Å². The van der Waals surface area contributed by atoms with E-state index in [9.17, 15) is 13.5 Å². The molecular weight excluding hydrogens is 266 g/mol. The normalized spacial score (nSPS) is 14.2. The summed E-state index contributed by atoms with van der Waals surface area (Å²) >= 11 is 5.74. The van der Waals surface area contributed by atoms with E-state index in [0.717, 1.165) is 0 Å². The minimum atomic E-state index is -3.75. The molecule has 2 N–H and O–H groups in total. The predicted octanol–water partition coefficient (Wildman–Crippen LogP) is 0.369. The molecule has 98 valence electrons. The zero-order chi connectivity index (χ0) is 13.2. The lowest BCUT2D eigenvalue weighted by molar-refractivity contribution is 0.129. The third-order valence-corrected chi connectivity index (χ3v) is 4.28. The summed E-state index contributed by atoms with van der Waals surface area (Å²) in [7, 11) is -2.26. The Balaban J connectivity index is 2.84. The molecule has 1 heterocycles. The Hall–Kier alpha value is -0.630. The standard InChI is InChI=1S/C9H16ClN3O3S/c1-6(2)8(14)5-12-17(15,16)9-7(10)4-11-13(9)3/h4,6,8,12,14H,5H2,1-3H3. The zero-order valence-electron chi connectivity index (χ0n) is 9.88. The van der Waals surface area contributed by atoms with E-state index in [1.807, 2.05) is 0 Å². The first kappa shape index (κ1) is 14.4. The first-order valence-corrected chi connectivity index (χ1v) is 6.97. The quantitative estimate of drug-likeness (QED) is 0.817. The second-order valence-electron chi connectivity index (χ2n) is 4.08. The fraction of sp³-hybridized carbons (Fsp3) is 0.667. The third kappa shape index (κ3) is 3.41. The summed E-state index contributed by atoms with van der Waals surface area (Å²) in [6, 6.07) is 0. The maximum absolute atomic E-state index is 11.9. The lowest BCUT2D eigenvalue weighted by Gasteiger charge is -2.15. The minimum absolute atomic E-state index is 0.0280. The molecule has 0 aliphatic heterocycles. The molecule has 0 spiro atoms. The summed E-state index contributed by atoms with van der Waals surface area (Å²) < 4.78 is 27.3. The number of aliphatic hydroxyl groups excluding tert-OH is 1. The Morgan fingerprint density at radius 1 is 1.59 bits per heavy atom. The number of nitrogens with one attached hydrogen (secondary N) is 1. The molecule has 0 bridgehead atoms. The van der Waals surface area contributed by atoms with Gasteiger partial charge in [-0.1, -0.05) is 25.4 Å². The van der Waals surface area contributed by atoms with Gasteiger partial charge in [-0.25, -0.2) is 13.1 Å². The van der Waals surface area contributed by atoms with Crippen LogP contribution in [0.2, 0.25) is 5.02 Å². The molecule has 0 fully saturated rings. The van der Waals surface area contributed by atoms with Gasteiger partial charge in [0, 0.05) is 13.6 Å². The highest BCUT2D eigenvalue weighted by Gasteiger charge is 2.23. The van der Waals surface area contributed by atoms with Gasteiger partial charge in [-0.2, -0.15) is 5.10 Å². The number of halogens is 1. The average molecular weight is 282 g/mol. The number of aromatic nitrogens is 2. The molecular formula is C9H16ClN3O3S. The van der Waals surface area contributed by atoms with Crippen LogP contribution >= 0.6 is 11.6 Å². The Morgan fingerprint density at radius 3 is 2.59 bits per heavy atom. The van der Waals surface area contributed by atoms with Crippen LogP contribution in [-0.2, 0) is 17.1 Å². The van der Waals surface area contributed by atoms with Gasteiger partial charge in [0.25, 0.3) is 10.0 Å². The third-order valence-electron chi connectivity index (χ3n) is 2.35. The Bertz CT molecular complexity index is 464. The van der Waals surface area contributed by atoms with Crippen molar-refractivity contribution in [3.8, 4) is 0 Å². The Kier molecular flexibility index (Phi) is 4.54. The molecule has 8 heteroatoms. The van der Waals surface area contributed by atoms with Crippen LogP contribution in [-0.4, -0.2) is 36.0 Å². The molecule has 6 nitrogen and oxygen atoms in total. The Labute approximate surface area is 106 Å². The summed E-state index contributed by atoms with van der Waals surface area (Å²) in [6.45, 7) is 3.55. The second kappa shape index (κ2) is 5.34. The molecule has 0 aromatic carbocycles. The first-order valence-electron chi connectivity index (χ1n) is 5.11. The van der Waals surface area contributed by atoms with Crippen LogP contribution in [0.25, 0.3) is 0 Å². The molecule has 0 aliphatic rings.